The van der Waals surface area contributed by atoms with Gasteiger partial charge in [0, 0.05) is 12.1 Å². The quantitative estimate of drug-likeness (QED) is 0.464. The molecule has 3 heteroatoms. The number of aromatic nitrogens is 2. The maximum absolute atomic E-state index is 6.41. The normalized spacial score (nSPS) is 11.2. The number of unbranched alkanes of at least 4 members (excludes halogenated alkanes) is 4. The van der Waals surface area contributed by atoms with Gasteiger partial charge in [0.2, 0.25) is 0 Å². The van der Waals surface area contributed by atoms with E-state index in [-0.39, 0.29) is 0 Å². The van der Waals surface area contributed by atoms with Gasteiger partial charge in [-0.05, 0) is 30.7 Å². The lowest BCUT2D eigenvalue weighted by molar-refractivity contribution is 0.578. The zero-order valence-corrected chi connectivity index (χ0v) is 14.4. The third-order valence-corrected chi connectivity index (χ3v) is 4.58. The molecule has 1 heterocycles. The van der Waals surface area contributed by atoms with E-state index in [0.717, 1.165) is 28.5 Å². The topological polar surface area (TPSA) is 17.8 Å². The van der Waals surface area contributed by atoms with E-state index in [2.05, 4.69) is 35.8 Å². The summed E-state index contributed by atoms with van der Waals surface area (Å²) in [6.45, 7) is 3.24. The molecule has 0 saturated heterocycles. The molecule has 0 aliphatic rings. The first-order valence-electron chi connectivity index (χ1n) is 8.51. The highest BCUT2D eigenvalue weighted by Crippen LogP contribution is 2.30. The maximum atomic E-state index is 6.41. The number of imidazole rings is 1. The summed E-state index contributed by atoms with van der Waals surface area (Å²) in [5, 5.41) is 0.759. The summed E-state index contributed by atoms with van der Waals surface area (Å²) in [6, 6.07) is 16.3. The first kappa shape index (κ1) is 16.1. The summed E-state index contributed by atoms with van der Waals surface area (Å²) in [7, 11) is 0. The molecular formula is C20H23ClN2. The van der Waals surface area contributed by atoms with Crippen molar-refractivity contribution in [2.75, 3.05) is 0 Å². The van der Waals surface area contributed by atoms with E-state index in [1.165, 1.54) is 37.6 Å². The monoisotopic (exact) mass is 326 g/mol. The summed E-state index contributed by atoms with van der Waals surface area (Å²) < 4.78 is 2.32. The van der Waals surface area contributed by atoms with Crippen molar-refractivity contribution in [2.45, 2.75) is 45.6 Å². The Hall–Kier alpha value is -1.80. The van der Waals surface area contributed by atoms with Gasteiger partial charge < -0.3 is 4.57 Å². The van der Waals surface area contributed by atoms with Crippen molar-refractivity contribution >= 4 is 22.6 Å². The molecule has 0 N–H and O–H groups in total. The van der Waals surface area contributed by atoms with Crippen molar-refractivity contribution in [3.8, 4) is 11.4 Å². The van der Waals surface area contributed by atoms with E-state index in [9.17, 15) is 0 Å². The van der Waals surface area contributed by atoms with Crippen molar-refractivity contribution in [3.63, 3.8) is 0 Å². The molecule has 0 aliphatic carbocycles. The third kappa shape index (κ3) is 3.59. The van der Waals surface area contributed by atoms with Gasteiger partial charge in [-0.3, -0.25) is 0 Å². The highest BCUT2D eigenvalue weighted by Gasteiger charge is 2.14. The smallest absolute Gasteiger partial charge is 0.142 e. The van der Waals surface area contributed by atoms with Crippen LogP contribution in [0.2, 0.25) is 5.02 Å². The molecule has 2 aromatic carbocycles. The molecule has 0 unspecified atom stereocenters. The molecule has 0 aliphatic heterocycles. The Labute approximate surface area is 143 Å². The summed E-state index contributed by atoms with van der Waals surface area (Å²) in [5.41, 5.74) is 3.24. The van der Waals surface area contributed by atoms with Gasteiger partial charge in [0.1, 0.15) is 5.82 Å². The standard InChI is InChI=1S/C20H23ClN2/c1-2-3-4-5-10-15-23-19-14-9-8-13-18(19)22-20(23)16-11-6-7-12-17(16)21/h6-9,11-14H,2-5,10,15H2,1H3. The van der Waals surface area contributed by atoms with Crippen LogP contribution >= 0.6 is 11.6 Å². The van der Waals surface area contributed by atoms with Gasteiger partial charge in [0.15, 0.2) is 0 Å². The van der Waals surface area contributed by atoms with Crippen LogP contribution in [0.25, 0.3) is 22.4 Å². The molecule has 2 nitrogen and oxygen atoms in total. The summed E-state index contributed by atoms with van der Waals surface area (Å²) >= 11 is 6.41. The number of para-hydroxylation sites is 2. The third-order valence-electron chi connectivity index (χ3n) is 4.25. The molecule has 1 aromatic heterocycles. The highest BCUT2D eigenvalue weighted by atomic mass is 35.5. The van der Waals surface area contributed by atoms with Crippen molar-refractivity contribution in [2.24, 2.45) is 0 Å². The zero-order valence-electron chi connectivity index (χ0n) is 13.6. The van der Waals surface area contributed by atoms with Crippen LogP contribution in [0.1, 0.15) is 39.0 Å². The molecular weight excluding hydrogens is 304 g/mol. The lowest BCUT2D eigenvalue weighted by Gasteiger charge is -2.10. The van der Waals surface area contributed by atoms with Crippen molar-refractivity contribution in [1.29, 1.82) is 0 Å². The van der Waals surface area contributed by atoms with Crippen molar-refractivity contribution in [3.05, 3.63) is 53.6 Å². The number of hydrogen-bond acceptors (Lipinski definition) is 1. The van der Waals surface area contributed by atoms with Gasteiger partial charge in [-0.1, -0.05) is 68.5 Å². The predicted molar refractivity (Wildman–Crippen MR) is 98.9 cm³/mol. The number of rotatable bonds is 7. The molecule has 0 amide bonds. The highest BCUT2D eigenvalue weighted by molar-refractivity contribution is 6.33. The number of nitrogens with zero attached hydrogens (tertiary/aromatic N) is 2. The molecule has 0 bridgehead atoms. The van der Waals surface area contributed by atoms with E-state index in [1.807, 2.05) is 24.3 Å². The molecule has 120 valence electrons. The number of aryl methyl sites for hydroxylation is 1. The molecule has 0 saturated carbocycles. The average molecular weight is 327 g/mol. The average Bonchev–Trinajstić information content (AvgIpc) is 2.94. The van der Waals surface area contributed by atoms with Crippen LogP contribution in [-0.4, -0.2) is 9.55 Å². The van der Waals surface area contributed by atoms with Crippen LogP contribution in [0, 0.1) is 0 Å². The molecule has 23 heavy (non-hydrogen) atoms. The first-order chi connectivity index (χ1) is 11.3. The minimum Gasteiger partial charge on any atom is -0.324 e. The second-order valence-corrected chi connectivity index (χ2v) is 6.38. The fraction of sp³-hybridized carbons (Fsp3) is 0.350. The fourth-order valence-corrected chi connectivity index (χ4v) is 3.24. The number of benzene rings is 2. The molecule has 0 atom stereocenters. The number of hydrogen-bond donors (Lipinski definition) is 0. The Balaban J connectivity index is 1.94. The van der Waals surface area contributed by atoms with Gasteiger partial charge >= 0.3 is 0 Å². The molecule has 3 rings (SSSR count). The minimum absolute atomic E-state index is 0.759. The Morgan fingerprint density at radius 3 is 2.48 bits per heavy atom. The Bertz CT molecular complexity index is 776. The van der Waals surface area contributed by atoms with Crippen molar-refractivity contribution < 1.29 is 0 Å². The summed E-state index contributed by atoms with van der Waals surface area (Å²) in [4.78, 5) is 4.84. The Kier molecular flexibility index (Phi) is 5.35. The number of halogens is 1. The van der Waals surface area contributed by atoms with Crippen molar-refractivity contribution in [1.82, 2.24) is 9.55 Å². The van der Waals surface area contributed by atoms with Crippen LogP contribution in [-0.2, 0) is 6.54 Å². The van der Waals surface area contributed by atoms with Gasteiger partial charge in [-0.25, -0.2) is 4.98 Å². The molecule has 0 spiro atoms. The molecule has 0 fully saturated rings. The SMILES string of the molecule is CCCCCCCn1c(-c2ccccc2Cl)nc2ccccc21. The van der Waals surface area contributed by atoms with E-state index in [4.69, 9.17) is 16.6 Å². The summed E-state index contributed by atoms with van der Waals surface area (Å²) in [6.07, 6.45) is 6.35. The predicted octanol–water partition coefficient (Wildman–Crippen LogP) is 6.33. The Morgan fingerprint density at radius 2 is 1.65 bits per heavy atom. The molecule has 3 aromatic rings. The second kappa shape index (κ2) is 7.65. The lowest BCUT2D eigenvalue weighted by Crippen LogP contribution is -2.01. The fourth-order valence-electron chi connectivity index (χ4n) is 3.02. The van der Waals surface area contributed by atoms with Gasteiger partial charge in [-0.15, -0.1) is 0 Å². The molecule has 0 radical (unpaired) electrons. The van der Waals surface area contributed by atoms with E-state index in [0.29, 0.717) is 0 Å². The van der Waals surface area contributed by atoms with Crippen LogP contribution < -0.4 is 0 Å². The van der Waals surface area contributed by atoms with E-state index < -0.39 is 0 Å². The van der Waals surface area contributed by atoms with Crippen LogP contribution in [0.15, 0.2) is 48.5 Å². The Morgan fingerprint density at radius 1 is 0.913 bits per heavy atom. The first-order valence-corrected chi connectivity index (χ1v) is 8.89. The van der Waals surface area contributed by atoms with Crippen LogP contribution in [0.5, 0.6) is 0 Å². The minimum atomic E-state index is 0.759. The largest absolute Gasteiger partial charge is 0.324 e. The lowest BCUT2D eigenvalue weighted by atomic mass is 10.1. The van der Waals surface area contributed by atoms with Gasteiger partial charge in [0.05, 0.1) is 16.1 Å². The van der Waals surface area contributed by atoms with Crippen LogP contribution in [0.4, 0.5) is 0 Å². The zero-order chi connectivity index (χ0) is 16.1. The van der Waals surface area contributed by atoms with Gasteiger partial charge in [0.25, 0.3) is 0 Å². The van der Waals surface area contributed by atoms with Gasteiger partial charge in [-0.2, -0.15) is 0 Å². The van der Waals surface area contributed by atoms with E-state index in [1.54, 1.807) is 0 Å². The number of fused-ring (bicyclic) bond motifs is 1. The second-order valence-electron chi connectivity index (χ2n) is 5.97. The maximum Gasteiger partial charge on any atom is 0.142 e. The summed E-state index contributed by atoms with van der Waals surface area (Å²) in [5.74, 6) is 0.979. The van der Waals surface area contributed by atoms with E-state index >= 15 is 0 Å². The van der Waals surface area contributed by atoms with Crippen LogP contribution in [0.3, 0.4) is 0 Å².